The van der Waals surface area contributed by atoms with Crippen LogP contribution in [0.3, 0.4) is 0 Å². The van der Waals surface area contributed by atoms with Crippen LogP contribution in [0, 0.1) is 11.8 Å². The summed E-state index contributed by atoms with van der Waals surface area (Å²) in [5, 5.41) is 0. The Balaban J connectivity index is 1.50. The van der Waals surface area contributed by atoms with E-state index >= 15 is 0 Å². The fourth-order valence-electron chi connectivity index (χ4n) is 4.14. The minimum atomic E-state index is 0.676. The molecular formula is C25H32O. The minimum absolute atomic E-state index is 0.676. The lowest BCUT2D eigenvalue weighted by molar-refractivity contribution is 0.185. The van der Waals surface area contributed by atoms with Crippen LogP contribution in [0.4, 0.5) is 0 Å². The number of hydrogen-bond acceptors (Lipinski definition) is 1. The Kier molecular flexibility index (Phi) is 7.08. The third-order valence-electron chi connectivity index (χ3n) is 5.75. The zero-order valence-corrected chi connectivity index (χ0v) is 16.3. The molecule has 1 aliphatic carbocycles. The third kappa shape index (κ3) is 5.32. The number of rotatable bonds is 7. The van der Waals surface area contributed by atoms with E-state index < -0.39 is 0 Å². The quantitative estimate of drug-likeness (QED) is 0.499. The van der Waals surface area contributed by atoms with E-state index in [1.165, 1.54) is 60.8 Å². The van der Waals surface area contributed by atoms with Gasteiger partial charge in [0.2, 0.25) is 0 Å². The molecule has 1 fully saturated rings. The Labute approximate surface area is 159 Å². The summed E-state index contributed by atoms with van der Waals surface area (Å²) < 4.78 is 5.18. The SMILES string of the molecule is C/C=C/C1CCC(CCc2ccc(-c3ccc(COC)cc3)cc2)CC1. The summed E-state index contributed by atoms with van der Waals surface area (Å²) in [7, 11) is 1.74. The molecule has 1 aliphatic rings. The number of ether oxygens (including phenoxy) is 1. The highest BCUT2D eigenvalue weighted by Crippen LogP contribution is 2.32. The zero-order chi connectivity index (χ0) is 18.2. The summed E-state index contributed by atoms with van der Waals surface area (Å²) in [6.07, 6.45) is 12.7. The molecule has 3 rings (SSSR count). The number of aryl methyl sites for hydroxylation is 1. The first-order valence-corrected chi connectivity index (χ1v) is 10.1. The van der Waals surface area contributed by atoms with Gasteiger partial charge in [-0.25, -0.2) is 0 Å². The van der Waals surface area contributed by atoms with Crippen LogP contribution in [-0.4, -0.2) is 7.11 Å². The fourth-order valence-corrected chi connectivity index (χ4v) is 4.14. The zero-order valence-electron chi connectivity index (χ0n) is 16.3. The molecule has 0 unspecified atom stereocenters. The number of allylic oxidation sites excluding steroid dienone is 2. The van der Waals surface area contributed by atoms with Gasteiger partial charge in [0.25, 0.3) is 0 Å². The van der Waals surface area contributed by atoms with E-state index in [9.17, 15) is 0 Å². The predicted octanol–water partition coefficient (Wildman–Crippen LogP) is 6.82. The van der Waals surface area contributed by atoms with Gasteiger partial charge in [-0.2, -0.15) is 0 Å². The third-order valence-corrected chi connectivity index (χ3v) is 5.75. The van der Waals surface area contributed by atoms with Gasteiger partial charge in [-0.05, 0) is 79.5 Å². The highest BCUT2D eigenvalue weighted by molar-refractivity contribution is 5.63. The number of hydrogen-bond donors (Lipinski definition) is 0. The van der Waals surface area contributed by atoms with Crippen LogP contribution in [0.15, 0.2) is 60.7 Å². The minimum Gasteiger partial charge on any atom is -0.380 e. The molecule has 2 aromatic carbocycles. The van der Waals surface area contributed by atoms with Crippen molar-refractivity contribution in [2.75, 3.05) is 7.11 Å². The molecule has 0 heterocycles. The summed E-state index contributed by atoms with van der Waals surface area (Å²) >= 11 is 0. The van der Waals surface area contributed by atoms with Crippen molar-refractivity contribution in [1.29, 1.82) is 0 Å². The molecule has 0 amide bonds. The second-order valence-electron chi connectivity index (χ2n) is 7.67. The Morgan fingerprint density at radius 1 is 0.846 bits per heavy atom. The van der Waals surface area contributed by atoms with E-state index in [1.54, 1.807) is 7.11 Å². The molecule has 0 saturated heterocycles. The molecule has 0 atom stereocenters. The van der Waals surface area contributed by atoms with Crippen molar-refractivity contribution in [2.45, 2.75) is 52.1 Å². The molecule has 0 spiro atoms. The summed E-state index contributed by atoms with van der Waals surface area (Å²) in [6.45, 7) is 2.82. The molecule has 1 saturated carbocycles. The van der Waals surface area contributed by atoms with Crippen LogP contribution in [0.5, 0.6) is 0 Å². The molecule has 2 aromatic rings. The smallest absolute Gasteiger partial charge is 0.0713 e. The second kappa shape index (κ2) is 9.73. The van der Waals surface area contributed by atoms with E-state index in [-0.39, 0.29) is 0 Å². The first-order chi connectivity index (χ1) is 12.8. The maximum Gasteiger partial charge on any atom is 0.0713 e. The van der Waals surface area contributed by atoms with Gasteiger partial charge in [0.15, 0.2) is 0 Å². The van der Waals surface area contributed by atoms with E-state index in [0.717, 1.165) is 11.8 Å². The molecule has 0 bridgehead atoms. The van der Waals surface area contributed by atoms with Crippen molar-refractivity contribution in [2.24, 2.45) is 11.8 Å². The monoisotopic (exact) mass is 348 g/mol. The fraction of sp³-hybridized carbons (Fsp3) is 0.440. The van der Waals surface area contributed by atoms with Crippen molar-refractivity contribution in [3.05, 3.63) is 71.8 Å². The first kappa shape index (κ1) is 18.9. The van der Waals surface area contributed by atoms with Gasteiger partial charge in [0.05, 0.1) is 6.61 Å². The van der Waals surface area contributed by atoms with Crippen molar-refractivity contribution >= 4 is 0 Å². The van der Waals surface area contributed by atoms with Gasteiger partial charge < -0.3 is 4.74 Å². The molecule has 1 heteroatoms. The Morgan fingerprint density at radius 2 is 1.42 bits per heavy atom. The highest BCUT2D eigenvalue weighted by Gasteiger charge is 2.19. The first-order valence-electron chi connectivity index (χ1n) is 10.1. The summed E-state index contributed by atoms with van der Waals surface area (Å²) in [4.78, 5) is 0. The van der Waals surface area contributed by atoms with Crippen LogP contribution in [-0.2, 0) is 17.8 Å². The van der Waals surface area contributed by atoms with Crippen molar-refractivity contribution < 1.29 is 4.74 Å². The van der Waals surface area contributed by atoms with Gasteiger partial charge in [0.1, 0.15) is 0 Å². The van der Waals surface area contributed by atoms with Crippen LogP contribution < -0.4 is 0 Å². The molecule has 0 aromatic heterocycles. The Morgan fingerprint density at radius 3 is 1.96 bits per heavy atom. The molecule has 0 aliphatic heterocycles. The lowest BCUT2D eigenvalue weighted by atomic mass is 9.79. The van der Waals surface area contributed by atoms with Crippen molar-refractivity contribution in [1.82, 2.24) is 0 Å². The van der Waals surface area contributed by atoms with Crippen LogP contribution in [0.25, 0.3) is 11.1 Å². The Hall–Kier alpha value is -1.86. The molecular weight excluding hydrogens is 316 g/mol. The number of benzene rings is 2. The Bertz CT molecular complexity index is 673. The van der Waals surface area contributed by atoms with Crippen molar-refractivity contribution in [3.63, 3.8) is 0 Å². The van der Waals surface area contributed by atoms with Crippen LogP contribution >= 0.6 is 0 Å². The molecule has 26 heavy (non-hydrogen) atoms. The standard InChI is InChI=1S/C25H32O/c1-3-4-20-5-7-21(8-6-20)9-10-22-11-15-24(16-12-22)25-17-13-23(14-18-25)19-26-2/h3-4,11-18,20-21H,5-10,19H2,1-2H3/b4-3+. The van der Waals surface area contributed by atoms with E-state index in [0.29, 0.717) is 6.61 Å². The summed E-state index contributed by atoms with van der Waals surface area (Å²) in [5.74, 6) is 1.76. The molecule has 0 N–H and O–H groups in total. The summed E-state index contributed by atoms with van der Waals surface area (Å²) in [6, 6.07) is 17.8. The van der Waals surface area contributed by atoms with E-state index in [4.69, 9.17) is 4.74 Å². The normalized spacial score (nSPS) is 20.5. The predicted molar refractivity (Wildman–Crippen MR) is 111 cm³/mol. The van der Waals surface area contributed by atoms with Crippen molar-refractivity contribution in [3.8, 4) is 11.1 Å². The van der Waals surface area contributed by atoms with Gasteiger partial charge in [-0.15, -0.1) is 0 Å². The van der Waals surface area contributed by atoms with Gasteiger partial charge in [-0.3, -0.25) is 0 Å². The van der Waals surface area contributed by atoms with Gasteiger partial charge in [0, 0.05) is 7.11 Å². The van der Waals surface area contributed by atoms with E-state index in [2.05, 4.69) is 67.6 Å². The molecule has 0 radical (unpaired) electrons. The molecule has 138 valence electrons. The topological polar surface area (TPSA) is 9.23 Å². The lowest BCUT2D eigenvalue weighted by Gasteiger charge is -2.26. The maximum absolute atomic E-state index is 5.18. The largest absolute Gasteiger partial charge is 0.380 e. The lowest BCUT2D eigenvalue weighted by Crippen LogP contribution is -2.13. The number of methoxy groups -OCH3 is 1. The van der Waals surface area contributed by atoms with Gasteiger partial charge in [-0.1, -0.05) is 60.7 Å². The molecule has 1 nitrogen and oxygen atoms in total. The van der Waals surface area contributed by atoms with E-state index in [1.807, 2.05) is 0 Å². The average Bonchev–Trinajstić information content (AvgIpc) is 2.69. The highest BCUT2D eigenvalue weighted by atomic mass is 16.5. The second-order valence-corrected chi connectivity index (χ2v) is 7.67. The van der Waals surface area contributed by atoms with Crippen LogP contribution in [0.2, 0.25) is 0 Å². The van der Waals surface area contributed by atoms with Crippen LogP contribution in [0.1, 0.15) is 50.2 Å². The summed E-state index contributed by atoms with van der Waals surface area (Å²) in [5.41, 5.74) is 5.26. The average molecular weight is 349 g/mol. The maximum atomic E-state index is 5.18. The van der Waals surface area contributed by atoms with Gasteiger partial charge >= 0.3 is 0 Å².